The average molecular weight is 375 g/mol. The van der Waals surface area contributed by atoms with Gasteiger partial charge in [0, 0.05) is 56.4 Å². The van der Waals surface area contributed by atoms with Crippen molar-refractivity contribution in [2.75, 3.05) is 37.7 Å². The Bertz CT molecular complexity index is 1090. The number of nitrogens with zero attached hydrogens (tertiary/aromatic N) is 4. The van der Waals surface area contributed by atoms with Gasteiger partial charge in [-0.1, -0.05) is 24.3 Å². The molecular formula is C22H25N5O. The topological polar surface area (TPSA) is 60.3 Å². The number of nitrogens with one attached hydrogen (secondary N) is 1. The summed E-state index contributed by atoms with van der Waals surface area (Å²) in [4.78, 5) is 13.0. The number of aliphatic hydroxyl groups is 1. The average Bonchev–Trinajstić information content (AvgIpc) is 3.35. The van der Waals surface area contributed by atoms with E-state index in [0.717, 1.165) is 49.7 Å². The highest BCUT2D eigenvalue weighted by atomic mass is 16.3. The quantitative estimate of drug-likeness (QED) is 0.563. The van der Waals surface area contributed by atoms with E-state index in [-0.39, 0.29) is 6.61 Å². The van der Waals surface area contributed by atoms with E-state index in [1.165, 1.54) is 16.5 Å². The molecule has 1 aliphatic rings. The van der Waals surface area contributed by atoms with Crippen LogP contribution in [0, 0.1) is 0 Å². The number of imidazole rings is 1. The molecule has 1 fully saturated rings. The molecular weight excluding hydrogens is 350 g/mol. The molecule has 0 spiro atoms. The minimum atomic E-state index is 0.119. The van der Waals surface area contributed by atoms with Gasteiger partial charge in [-0.05, 0) is 29.8 Å². The fourth-order valence-corrected chi connectivity index (χ4v) is 4.26. The molecule has 0 saturated carbocycles. The van der Waals surface area contributed by atoms with Gasteiger partial charge in [0.1, 0.15) is 0 Å². The van der Waals surface area contributed by atoms with Crippen LogP contribution in [0.15, 0.2) is 54.7 Å². The summed E-state index contributed by atoms with van der Waals surface area (Å²) >= 11 is 0. The first kappa shape index (κ1) is 17.3. The second kappa shape index (κ2) is 7.30. The predicted octanol–water partition coefficient (Wildman–Crippen LogP) is 2.83. The Morgan fingerprint density at radius 2 is 1.82 bits per heavy atom. The number of aromatic amines is 1. The molecule has 2 N–H and O–H groups in total. The van der Waals surface area contributed by atoms with Crippen LogP contribution < -0.4 is 4.90 Å². The van der Waals surface area contributed by atoms with Gasteiger partial charge in [-0.2, -0.15) is 0 Å². The monoisotopic (exact) mass is 375 g/mol. The first-order valence-corrected chi connectivity index (χ1v) is 9.92. The zero-order valence-electron chi connectivity index (χ0n) is 15.9. The maximum atomic E-state index is 9.52. The third-order valence-corrected chi connectivity index (χ3v) is 5.69. The fourth-order valence-electron chi connectivity index (χ4n) is 4.26. The molecule has 28 heavy (non-hydrogen) atoms. The number of para-hydroxylation sites is 2. The van der Waals surface area contributed by atoms with Gasteiger partial charge in [0.25, 0.3) is 0 Å². The molecule has 0 bridgehead atoms. The van der Waals surface area contributed by atoms with Crippen LogP contribution in [0.3, 0.4) is 0 Å². The third-order valence-electron chi connectivity index (χ3n) is 5.69. The Labute approximate surface area is 164 Å². The van der Waals surface area contributed by atoms with Gasteiger partial charge in [-0.15, -0.1) is 0 Å². The van der Waals surface area contributed by atoms with Crippen LogP contribution >= 0.6 is 0 Å². The van der Waals surface area contributed by atoms with E-state index >= 15 is 0 Å². The van der Waals surface area contributed by atoms with Crippen molar-refractivity contribution in [1.29, 1.82) is 0 Å². The number of H-pyrrole nitrogens is 1. The molecule has 6 nitrogen and oxygen atoms in total. The van der Waals surface area contributed by atoms with E-state index in [4.69, 9.17) is 4.98 Å². The van der Waals surface area contributed by atoms with E-state index in [2.05, 4.69) is 49.7 Å². The highest BCUT2D eigenvalue weighted by molar-refractivity contribution is 5.82. The van der Waals surface area contributed by atoms with Gasteiger partial charge in [0.2, 0.25) is 5.95 Å². The first-order chi connectivity index (χ1) is 13.8. The van der Waals surface area contributed by atoms with Crippen LogP contribution in [0.25, 0.3) is 21.9 Å². The number of anilines is 1. The predicted molar refractivity (Wildman–Crippen MR) is 113 cm³/mol. The zero-order chi connectivity index (χ0) is 18.9. The number of piperazine rings is 1. The van der Waals surface area contributed by atoms with Crippen LogP contribution in [-0.2, 0) is 13.1 Å². The summed E-state index contributed by atoms with van der Waals surface area (Å²) in [7, 11) is 0. The lowest BCUT2D eigenvalue weighted by Crippen LogP contribution is -2.46. The normalized spacial score (nSPS) is 15.7. The fraction of sp³-hybridized carbons (Fsp3) is 0.318. The standard InChI is InChI=1S/C22H25N5O/c28-15-14-27-21-7-2-1-5-20(21)24-22(27)26-12-10-25(11-13-26)16-17-4-3-6-19-18(17)8-9-23-19/h1-9,23,28H,10-16H2. The van der Waals surface area contributed by atoms with Crippen molar-refractivity contribution in [1.82, 2.24) is 19.4 Å². The molecule has 4 aromatic rings. The number of fused-ring (bicyclic) bond motifs is 2. The minimum Gasteiger partial charge on any atom is -0.395 e. The summed E-state index contributed by atoms with van der Waals surface area (Å²) < 4.78 is 2.14. The van der Waals surface area contributed by atoms with Crippen molar-refractivity contribution < 1.29 is 5.11 Å². The lowest BCUT2D eigenvalue weighted by atomic mass is 10.1. The maximum absolute atomic E-state index is 9.52. The summed E-state index contributed by atoms with van der Waals surface area (Å²) in [6.07, 6.45) is 2.01. The Morgan fingerprint density at radius 3 is 2.68 bits per heavy atom. The van der Waals surface area contributed by atoms with Gasteiger partial charge >= 0.3 is 0 Å². The molecule has 0 aliphatic carbocycles. The lowest BCUT2D eigenvalue weighted by molar-refractivity contribution is 0.247. The maximum Gasteiger partial charge on any atom is 0.206 e. The molecule has 1 saturated heterocycles. The summed E-state index contributed by atoms with van der Waals surface area (Å²) in [6, 6.07) is 16.8. The molecule has 5 rings (SSSR count). The molecule has 3 heterocycles. The minimum absolute atomic E-state index is 0.119. The van der Waals surface area contributed by atoms with Crippen LogP contribution in [0.1, 0.15) is 5.56 Å². The van der Waals surface area contributed by atoms with Gasteiger partial charge in [-0.3, -0.25) is 4.90 Å². The van der Waals surface area contributed by atoms with Crippen molar-refractivity contribution in [3.63, 3.8) is 0 Å². The molecule has 2 aromatic heterocycles. The second-order valence-electron chi connectivity index (χ2n) is 7.40. The van der Waals surface area contributed by atoms with E-state index in [0.29, 0.717) is 6.54 Å². The van der Waals surface area contributed by atoms with Crippen molar-refractivity contribution >= 4 is 27.9 Å². The van der Waals surface area contributed by atoms with Gasteiger partial charge in [-0.25, -0.2) is 4.98 Å². The van der Waals surface area contributed by atoms with E-state index < -0.39 is 0 Å². The molecule has 0 radical (unpaired) electrons. The van der Waals surface area contributed by atoms with E-state index in [1.54, 1.807) is 0 Å². The van der Waals surface area contributed by atoms with Crippen molar-refractivity contribution in [2.24, 2.45) is 0 Å². The number of hydrogen-bond donors (Lipinski definition) is 2. The zero-order valence-corrected chi connectivity index (χ0v) is 15.9. The smallest absolute Gasteiger partial charge is 0.206 e. The summed E-state index contributed by atoms with van der Waals surface area (Å²) in [5.41, 5.74) is 4.66. The Kier molecular flexibility index (Phi) is 4.50. The molecule has 2 aromatic carbocycles. The Hall–Kier alpha value is -2.83. The summed E-state index contributed by atoms with van der Waals surface area (Å²) in [6.45, 7) is 5.55. The lowest BCUT2D eigenvalue weighted by Gasteiger charge is -2.35. The second-order valence-corrected chi connectivity index (χ2v) is 7.40. The van der Waals surface area contributed by atoms with Crippen molar-refractivity contribution in [3.8, 4) is 0 Å². The number of hydrogen-bond acceptors (Lipinski definition) is 4. The van der Waals surface area contributed by atoms with Crippen LogP contribution in [-0.4, -0.2) is 57.3 Å². The largest absolute Gasteiger partial charge is 0.395 e. The summed E-state index contributed by atoms with van der Waals surface area (Å²) in [5.74, 6) is 0.975. The highest BCUT2D eigenvalue weighted by Gasteiger charge is 2.22. The third kappa shape index (κ3) is 3.04. The van der Waals surface area contributed by atoms with Gasteiger partial charge in [0.15, 0.2) is 0 Å². The van der Waals surface area contributed by atoms with Gasteiger partial charge < -0.3 is 19.6 Å². The van der Waals surface area contributed by atoms with Crippen molar-refractivity contribution in [3.05, 3.63) is 60.3 Å². The number of aromatic nitrogens is 3. The van der Waals surface area contributed by atoms with E-state index in [9.17, 15) is 5.11 Å². The van der Waals surface area contributed by atoms with Crippen LogP contribution in [0.2, 0.25) is 0 Å². The SMILES string of the molecule is OCCn1c(N2CCN(Cc3cccc4[nH]ccc34)CC2)nc2ccccc21. The number of rotatable bonds is 5. The van der Waals surface area contributed by atoms with E-state index in [1.807, 2.05) is 24.4 Å². The molecule has 0 atom stereocenters. The van der Waals surface area contributed by atoms with Gasteiger partial charge in [0.05, 0.1) is 17.6 Å². The first-order valence-electron chi connectivity index (χ1n) is 9.92. The van der Waals surface area contributed by atoms with Crippen LogP contribution in [0.4, 0.5) is 5.95 Å². The number of aliphatic hydroxyl groups excluding tert-OH is 1. The Balaban J connectivity index is 1.33. The summed E-state index contributed by atoms with van der Waals surface area (Å²) in [5, 5.41) is 10.8. The highest BCUT2D eigenvalue weighted by Crippen LogP contribution is 2.25. The van der Waals surface area contributed by atoms with Crippen LogP contribution in [0.5, 0.6) is 0 Å². The molecule has 6 heteroatoms. The Morgan fingerprint density at radius 1 is 0.964 bits per heavy atom. The molecule has 144 valence electrons. The van der Waals surface area contributed by atoms with Crippen molar-refractivity contribution in [2.45, 2.75) is 13.1 Å². The molecule has 1 aliphatic heterocycles. The molecule has 0 unspecified atom stereocenters. The molecule has 0 amide bonds. The number of benzene rings is 2.